The molecular formula is C23H17F3N2O5S. The standard InChI is InChI=1S/C23H17F3N2O5S/c1-28(34(31,32)20-9-18(25)8-19(26)10-20)12-14-2-3-22(33-13-23(29)30)21(6-14)16-4-15(11-27)5-17(24)7-16/h2-10H,12-13H2,1H3,(H,29,30). The Morgan fingerprint density at radius 3 is 2.29 bits per heavy atom. The largest absolute Gasteiger partial charge is 0.481 e. The van der Waals surface area contributed by atoms with Crippen LogP contribution in [0.1, 0.15) is 11.1 Å². The Labute approximate surface area is 193 Å². The van der Waals surface area contributed by atoms with E-state index < -0.39 is 44.9 Å². The normalized spacial score (nSPS) is 11.3. The van der Waals surface area contributed by atoms with Crippen LogP contribution in [0.3, 0.4) is 0 Å². The molecule has 3 aromatic rings. The number of hydrogen-bond donors (Lipinski definition) is 1. The van der Waals surface area contributed by atoms with Gasteiger partial charge in [-0.2, -0.15) is 9.57 Å². The molecule has 0 heterocycles. The van der Waals surface area contributed by atoms with Gasteiger partial charge in [0.05, 0.1) is 16.5 Å². The Morgan fingerprint density at radius 1 is 1.03 bits per heavy atom. The first-order chi connectivity index (χ1) is 16.0. The van der Waals surface area contributed by atoms with Gasteiger partial charge in [-0.3, -0.25) is 0 Å². The molecule has 7 nitrogen and oxygen atoms in total. The molecular weight excluding hydrogens is 473 g/mol. The molecule has 0 atom stereocenters. The van der Waals surface area contributed by atoms with Gasteiger partial charge in [-0.1, -0.05) is 6.07 Å². The fourth-order valence-corrected chi connectivity index (χ4v) is 4.38. The molecule has 0 aliphatic heterocycles. The number of carboxylic acid groups (broad SMARTS) is 1. The minimum Gasteiger partial charge on any atom is -0.481 e. The minimum atomic E-state index is -4.27. The Morgan fingerprint density at radius 2 is 1.68 bits per heavy atom. The van der Waals surface area contributed by atoms with Crippen molar-refractivity contribution in [3.8, 4) is 22.9 Å². The molecule has 0 saturated heterocycles. The highest BCUT2D eigenvalue weighted by atomic mass is 32.2. The highest BCUT2D eigenvalue weighted by Gasteiger charge is 2.23. The van der Waals surface area contributed by atoms with Crippen LogP contribution in [0.25, 0.3) is 11.1 Å². The van der Waals surface area contributed by atoms with E-state index in [-0.39, 0.29) is 29.0 Å². The smallest absolute Gasteiger partial charge is 0.341 e. The highest BCUT2D eigenvalue weighted by Crippen LogP contribution is 2.33. The topological polar surface area (TPSA) is 108 Å². The zero-order chi connectivity index (χ0) is 25.0. The maximum Gasteiger partial charge on any atom is 0.341 e. The number of benzene rings is 3. The first kappa shape index (κ1) is 24.8. The molecule has 0 radical (unpaired) electrons. The third kappa shape index (κ3) is 5.72. The summed E-state index contributed by atoms with van der Waals surface area (Å²) in [5, 5.41) is 18.1. The van der Waals surface area contributed by atoms with Gasteiger partial charge in [-0.15, -0.1) is 0 Å². The van der Waals surface area contributed by atoms with Crippen LogP contribution < -0.4 is 4.74 Å². The van der Waals surface area contributed by atoms with Crippen molar-refractivity contribution in [1.82, 2.24) is 4.31 Å². The summed E-state index contributed by atoms with van der Waals surface area (Å²) in [6, 6.07) is 11.5. The van der Waals surface area contributed by atoms with Gasteiger partial charge in [-0.05, 0) is 53.6 Å². The highest BCUT2D eigenvalue weighted by molar-refractivity contribution is 7.89. The molecule has 3 rings (SSSR count). The molecule has 0 unspecified atom stereocenters. The first-order valence-corrected chi connectivity index (χ1v) is 11.0. The summed E-state index contributed by atoms with van der Waals surface area (Å²) in [6.45, 7) is -0.931. The van der Waals surface area contributed by atoms with Crippen molar-refractivity contribution in [2.75, 3.05) is 13.7 Å². The van der Waals surface area contributed by atoms with E-state index in [1.54, 1.807) is 0 Å². The van der Waals surface area contributed by atoms with Crippen molar-refractivity contribution in [3.63, 3.8) is 0 Å². The van der Waals surface area contributed by atoms with Crippen LogP contribution in [0.4, 0.5) is 13.2 Å². The second-order valence-corrected chi connectivity index (χ2v) is 9.26. The van der Waals surface area contributed by atoms with E-state index >= 15 is 0 Å². The van der Waals surface area contributed by atoms with Crippen LogP contribution in [0.5, 0.6) is 5.75 Å². The second-order valence-electron chi connectivity index (χ2n) is 7.22. The quantitative estimate of drug-likeness (QED) is 0.513. The molecule has 0 aliphatic carbocycles. The van der Waals surface area contributed by atoms with Crippen LogP contribution in [0.2, 0.25) is 0 Å². The molecule has 0 spiro atoms. The number of rotatable bonds is 8. The molecule has 11 heteroatoms. The van der Waals surface area contributed by atoms with Gasteiger partial charge in [0.1, 0.15) is 23.2 Å². The van der Waals surface area contributed by atoms with E-state index in [1.807, 2.05) is 6.07 Å². The Hall–Kier alpha value is -3.88. The summed E-state index contributed by atoms with van der Waals surface area (Å²) in [7, 11) is -3.06. The molecule has 0 aromatic heterocycles. The number of halogens is 3. The monoisotopic (exact) mass is 490 g/mol. The molecule has 176 valence electrons. The Kier molecular flexibility index (Phi) is 7.24. The number of sulfonamides is 1. The molecule has 34 heavy (non-hydrogen) atoms. The molecule has 0 fully saturated rings. The predicted octanol–water partition coefficient (Wildman–Crippen LogP) is 3.93. The summed E-state index contributed by atoms with van der Waals surface area (Å²) in [6.07, 6.45) is 0. The number of nitriles is 1. The van der Waals surface area contributed by atoms with Gasteiger partial charge in [0, 0.05) is 25.2 Å². The summed E-state index contributed by atoms with van der Waals surface area (Å²) in [5.41, 5.74) is 0.814. The van der Waals surface area contributed by atoms with E-state index in [0.717, 1.165) is 16.4 Å². The van der Waals surface area contributed by atoms with E-state index in [4.69, 9.17) is 15.1 Å². The SMILES string of the molecule is CN(Cc1ccc(OCC(=O)O)c(-c2cc(F)cc(C#N)c2)c1)S(=O)(=O)c1cc(F)cc(F)c1. The van der Waals surface area contributed by atoms with Crippen LogP contribution in [-0.2, 0) is 21.4 Å². The fourth-order valence-electron chi connectivity index (χ4n) is 3.18. The molecule has 0 saturated carbocycles. The lowest BCUT2D eigenvalue weighted by Gasteiger charge is -2.19. The van der Waals surface area contributed by atoms with E-state index in [2.05, 4.69) is 0 Å². The summed E-state index contributed by atoms with van der Waals surface area (Å²) in [4.78, 5) is 10.4. The number of aliphatic carboxylic acids is 1. The van der Waals surface area contributed by atoms with Crippen molar-refractivity contribution in [2.45, 2.75) is 11.4 Å². The van der Waals surface area contributed by atoms with Gasteiger partial charge < -0.3 is 9.84 Å². The minimum absolute atomic E-state index is 0.0115. The summed E-state index contributed by atoms with van der Waals surface area (Å²) in [5.74, 6) is -3.99. The second kappa shape index (κ2) is 9.94. The Balaban J connectivity index is 2.01. The lowest BCUT2D eigenvalue weighted by Crippen LogP contribution is -2.26. The number of hydrogen-bond acceptors (Lipinski definition) is 5. The maximum absolute atomic E-state index is 14.0. The molecule has 0 amide bonds. The molecule has 0 bridgehead atoms. The number of carbonyl (C=O) groups is 1. The van der Waals surface area contributed by atoms with Gasteiger partial charge >= 0.3 is 5.97 Å². The zero-order valence-electron chi connectivity index (χ0n) is 17.6. The van der Waals surface area contributed by atoms with Gasteiger partial charge in [0.25, 0.3) is 0 Å². The van der Waals surface area contributed by atoms with Crippen molar-refractivity contribution in [3.05, 3.63) is 83.2 Å². The van der Waals surface area contributed by atoms with E-state index in [9.17, 15) is 26.4 Å². The lowest BCUT2D eigenvalue weighted by molar-refractivity contribution is -0.139. The third-order valence-electron chi connectivity index (χ3n) is 4.68. The predicted molar refractivity (Wildman–Crippen MR) is 115 cm³/mol. The molecule has 0 aliphatic rings. The van der Waals surface area contributed by atoms with Gasteiger partial charge in [0.15, 0.2) is 6.61 Å². The van der Waals surface area contributed by atoms with Crippen molar-refractivity contribution in [2.24, 2.45) is 0 Å². The fraction of sp³-hybridized carbons (Fsp3) is 0.130. The lowest BCUT2D eigenvalue weighted by atomic mass is 10.00. The van der Waals surface area contributed by atoms with Crippen LogP contribution in [0.15, 0.2) is 59.5 Å². The summed E-state index contributed by atoms with van der Waals surface area (Å²) >= 11 is 0. The maximum atomic E-state index is 14.0. The first-order valence-electron chi connectivity index (χ1n) is 9.60. The average molecular weight is 490 g/mol. The average Bonchev–Trinajstić information content (AvgIpc) is 2.76. The number of nitrogens with zero attached hydrogens (tertiary/aromatic N) is 2. The van der Waals surface area contributed by atoms with Crippen molar-refractivity contribution >= 4 is 16.0 Å². The van der Waals surface area contributed by atoms with Crippen LogP contribution in [0, 0.1) is 28.8 Å². The zero-order valence-corrected chi connectivity index (χ0v) is 18.4. The van der Waals surface area contributed by atoms with Crippen LogP contribution in [-0.4, -0.2) is 37.5 Å². The number of carboxylic acids is 1. The third-order valence-corrected chi connectivity index (χ3v) is 6.46. The Bertz CT molecular complexity index is 1380. The van der Waals surface area contributed by atoms with E-state index in [1.165, 1.54) is 31.3 Å². The molecule has 1 N–H and O–H groups in total. The van der Waals surface area contributed by atoms with Gasteiger partial charge in [0.2, 0.25) is 10.0 Å². The van der Waals surface area contributed by atoms with Gasteiger partial charge in [-0.25, -0.2) is 26.4 Å². The summed E-state index contributed by atoms with van der Waals surface area (Å²) < 4.78 is 72.8. The number of ether oxygens (including phenoxy) is 1. The van der Waals surface area contributed by atoms with Crippen molar-refractivity contribution < 1.29 is 36.2 Å². The van der Waals surface area contributed by atoms with E-state index in [0.29, 0.717) is 23.8 Å². The van der Waals surface area contributed by atoms with Crippen LogP contribution >= 0.6 is 0 Å². The van der Waals surface area contributed by atoms with Crippen molar-refractivity contribution in [1.29, 1.82) is 5.26 Å². The molecule has 3 aromatic carbocycles.